The molecule has 0 fully saturated rings. The van der Waals surface area contributed by atoms with Crippen LogP contribution in [0.4, 0.5) is 4.39 Å². The number of aliphatic hydroxyl groups excluding tert-OH is 1. The lowest BCUT2D eigenvalue weighted by Crippen LogP contribution is -2.02. The Bertz CT molecular complexity index is 617. The first kappa shape index (κ1) is 15.3. The molecule has 0 unspecified atom stereocenters. The monoisotopic (exact) mass is 358 g/mol. The third-order valence-corrected chi connectivity index (χ3v) is 3.76. The molecule has 0 saturated carbocycles. The van der Waals surface area contributed by atoms with Gasteiger partial charge in [0.05, 0.1) is 11.1 Å². The maximum absolute atomic E-state index is 13.3. The second kappa shape index (κ2) is 6.57. The Morgan fingerprint density at radius 1 is 1.35 bits per heavy atom. The molecule has 1 N–H and O–H groups in total. The van der Waals surface area contributed by atoms with Crippen LogP contribution in [-0.2, 0) is 6.61 Å². The van der Waals surface area contributed by atoms with Crippen molar-refractivity contribution in [2.45, 2.75) is 19.6 Å². The number of ether oxygens (including phenoxy) is 1. The molecule has 0 heterocycles. The molecule has 2 nitrogen and oxygen atoms in total. The fraction of sp³-hybridized carbons (Fsp3) is 0.200. The fourth-order valence-corrected chi connectivity index (χ4v) is 2.31. The first-order chi connectivity index (χ1) is 9.49. The van der Waals surface area contributed by atoms with Crippen molar-refractivity contribution in [2.75, 3.05) is 0 Å². The number of hydrogen-bond acceptors (Lipinski definition) is 2. The van der Waals surface area contributed by atoms with Crippen molar-refractivity contribution >= 4 is 27.5 Å². The Morgan fingerprint density at radius 3 is 2.80 bits per heavy atom. The van der Waals surface area contributed by atoms with Crippen molar-refractivity contribution < 1.29 is 14.2 Å². The second-order valence-electron chi connectivity index (χ2n) is 4.36. The van der Waals surface area contributed by atoms with Crippen LogP contribution in [0.25, 0.3) is 0 Å². The van der Waals surface area contributed by atoms with E-state index in [4.69, 9.17) is 16.3 Å². The minimum absolute atomic E-state index is 0.0566. The molecule has 0 radical (unpaired) electrons. The highest BCUT2D eigenvalue weighted by Gasteiger charge is 2.11. The van der Waals surface area contributed by atoms with Gasteiger partial charge < -0.3 is 9.84 Å². The highest BCUT2D eigenvalue weighted by Crippen LogP contribution is 2.30. The molecule has 0 aliphatic rings. The molecule has 2 aromatic rings. The van der Waals surface area contributed by atoms with E-state index in [2.05, 4.69) is 15.9 Å². The molecule has 5 heteroatoms. The lowest BCUT2D eigenvalue weighted by Gasteiger charge is -2.14. The average molecular weight is 360 g/mol. The molecule has 0 aliphatic heterocycles. The van der Waals surface area contributed by atoms with Crippen LogP contribution >= 0.6 is 27.5 Å². The van der Waals surface area contributed by atoms with E-state index in [0.717, 1.165) is 4.47 Å². The van der Waals surface area contributed by atoms with Gasteiger partial charge in [0.15, 0.2) is 0 Å². The summed E-state index contributed by atoms with van der Waals surface area (Å²) in [5, 5.41) is 9.77. The number of hydrogen-bond donors (Lipinski definition) is 1. The highest BCUT2D eigenvalue weighted by atomic mass is 79.9. The Morgan fingerprint density at radius 2 is 2.10 bits per heavy atom. The van der Waals surface area contributed by atoms with E-state index in [9.17, 15) is 9.50 Å². The third-order valence-electron chi connectivity index (χ3n) is 2.84. The minimum atomic E-state index is -0.652. The summed E-state index contributed by atoms with van der Waals surface area (Å²) < 4.78 is 19.8. The third kappa shape index (κ3) is 3.51. The van der Waals surface area contributed by atoms with Gasteiger partial charge in [0, 0.05) is 15.6 Å². The van der Waals surface area contributed by atoms with Gasteiger partial charge in [-0.05, 0) is 25.1 Å². The smallest absolute Gasteiger partial charge is 0.142 e. The quantitative estimate of drug-likeness (QED) is 0.843. The lowest BCUT2D eigenvalue weighted by atomic mass is 10.1. The van der Waals surface area contributed by atoms with Crippen LogP contribution in [0.3, 0.4) is 0 Å². The van der Waals surface area contributed by atoms with E-state index in [1.54, 1.807) is 31.2 Å². The van der Waals surface area contributed by atoms with Gasteiger partial charge in [0.1, 0.15) is 18.2 Å². The van der Waals surface area contributed by atoms with Gasteiger partial charge in [-0.1, -0.05) is 45.7 Å². The highest BCUT2D eigenvalue weighted by molar-refractivity contribution is 9.10. The van der Waals surface area contributed by atoms with E-state index < -0.39 is 11.9 Å². The summed E-state index contributed by atoms with van der Waals surface area (Å²) >= 11 is 9.23. The average Bonchev–Trinajstić information content (AvgIpc) is 2.40. The minimum Gasteiger partial charge on any atom is -0.488 e. The zero-order chi connectivity index (χ0) is 14.7. The van der Waals surface area contributed by atoms with E-state index in [0.29, 0.717) is 16.9 Å². The topological polar surface area (TPSA) is 29.5 Å². The molecule has 0 saturated heterocycles. The summed E-state index contributed by atoms with van der Waals surface area (Å²) in [7, 11) is 0. The van der Waals surface area contributed by atoms with Crippen molar-refractivity contribution in [1.29, 1.82) is 0 Å². The van der Waals surface area contributed by atoms with Crippen molar-refractivity contribution in [1.82, 2.24) is 0 Å². The molecule has 2 aromatic carbocycles. The molecule has 1 atom stereocenters. The van der Waals surface area contributed by atoms with Gasteiger partial charge in [0.25, 0.3) is 0 Å². The van der Waals surface area contributed by atoms with Crippen molar-refractivity contribution in [3.05, 3.63) is 62.8 Å². The molecular formula is C15H13BrClFO2. The van der Waals surface area contributed by atoms with Crippen LogP contribution in [-0.4, -0.2) is 5.11 Å². The molecule has 0 spiro atoms. The van der Waals surface area contributed by atoms with Crippen molar-refractivity contribution in [3.63, 3.8) is 0 Å². The second-order valence-corrected chi connectivity index (χ2v) is 5.65. The Labute approximate surface area is 130 Å². The van der Waals surface area contributed by atoms with Crippen LogP contribution < -0.4 is 4.74 Å². The molecule has 2 rings (SSSR count). The number of aliphatic hydroxyl groups is 1. The zero-order valence-corrected chi connectivity index (χ0v) is 13.1. The maximum atomic E-state index is 13.3. The van der Waals surface area contributed by atoms with Crippen LogP contribution in [0.15, 0.2) is 40.9 Å². The SMILES string of the molecule is C[C@H](O)c1ccc(Br)cc1OCc1cccc(F)c1Cl. The first-order valence-corrected chi connectivity index (χ1v) is 7.19. The van der Waals surface area contributed by atoms with Crippen molar-refractivity contribution in [2.24, 2.45) is 0 Å². The van der Waals surface area contributed by atoms with Gasteiger partial charge in [-0.2, -0.15) is 0 Å². The number of halogens is 3. The largest absolute Gasteiger partial charge is 0.488 e. The van der Waals surface area contributed by atoms with E-state index in [-0.39, 0.29) is 11.6 Å². The van der Waals surface area contributed by atoms with Gasteiger partial charge in [-0.25, -0.2) is 4.39 Å². The Kier molecular flexibility index (Phi) is 5.02. The van der Waals surface area contributed by atoms with Crippen LogP contribution in [0, 0.1) is 5.82 Å². The van der Waals surface area contributed by atoms with Gasteiger partial charge >= 0.3 is 0 Å². The summed E-state index contributed by atoms with van der Waals surface area (Å²) in [5.74, 6) is 0.0625. The number of benzene rings is 2. The van der Waals surface area contributed by atoms with Crippen LogP contribution in [0.5, 0.6) is 5.75 Å². The van der Waals surface area contributed by atoms with Gasteiger partial charge in [-0.3, -0.25) is 0 Å². The molecule has 0 bridgehead atoms. The Hall–Kier alpha value is -1.10. The summed E-state index contributed by atoms with van der Waals surface area (Å²) in [6.45, 7) is 1.79. The summed E-state index contributed by atoms with van der Waals surface area (Å²) in [6.07, 6.45) is -0.652. The molecule has 20 heavy (non-hydrogen) atoms. The normalized spacial score (nSPS) is 12.2. The van der Waals surface area contributed by atoms with E-state index in [1.807, 2.05) is 6.07 Å². The summed E-state index contributed by atoms with van der Waals surface area (Å²) in [5.41, 5.74) is 1.23. The molecule has 0 aromatic heterocycles. The van der Waals surface area contributed by atoms with Crippen LogP contribution in [0.2, 0.25) is 5.02 Å². The van der Waals surface area contributed by atoms with E-state index in [1.165, 1.54) is 6.07 Å². The van der Waals surface area contributed by atoms with Crippen LogP contribution in [0.1, 0.15) is 24.2 Å². The molecule has 0 aliphatic carbocycles. The first-order valence-electron chi connectivity index (χ1n) is 6.02. The fourth-order valence-electron chi connectivity index (χ4n) is 1.79. The zero-order valence-electron chi connectivity index (χ0n) is 10.7. The van der Waals surface area contributed by atoms with E-state index >= 15 is 0 Å². The molecular weight excluding hydrogens is 347 g/mol. The van der Waals surface area contributed by atoms with Crippen molar-refractivity contribution in [3.8, 4) is 5.75 Å². The summed E-state index contributed by atoms with van der Waals surface area (Å²) in [4.78, 5) is 0. The van der Waals surface area contributed by atoms with Gasteiger partial charge in [0.2, 0.25) is 0 Å². The Balaban J connectivity index is 2.22. The van der Waals surface area contributed by atoms with Gasteiger partial charge in [-0.15, -0.1) is 0 Å². The summed E-state index contributed by atoms with van der Waals surface area (Å²) in [6, 6.07) is 9.94. The molecule has 106 valence electrons. The number of rotatable bonds is 4. The standard InChI is InChI=1S/C15H13BrClFO2/c1-9(19)12-6-5-11(16)7-14(12)20-8-10-3-2-4-13(18)15(10)17/h2-7,9,19H,8H2,1H3/t9-/m0/s1. The predicted molar refractivity (Wildman–Crippen MR) is 80.5 cm³/mol. The predicted octanol–water partition coefficient (Wildman–Crippen LogP) is 4.87. The maximum Gasteiger partial charge on any atom is 0.142 e. The lowest BCUT2D eigenvalue weighted by molar-refractivity contribution is 0.190. The molecule has 0 amide bonds.